The molecule has 0 aliphatic heterocycles. The normalized spacial score (nSPS) is 10.9. The van der Waals surface area contributed by atoms with Crippen LogP contribution >= 0.6 is 0 Å². The molecule has 0 aliphatic carbocycles. The van der Waals surface area contributed by atoms with Gasteiger partial charge in [-0.1, -0.05) is 38.1 Å². The Kier molecular flexibility index (Phi) is 5.36. The Morgan fingerprint density at radius 2 is 1.85 bits per heavy atom. The molecule has 1 N–H and O–H groups in total. The van der Waals surface area contributed by atoms with Crippen molar-refractivity contribution in [2.75, 3.05) is 6.54 Å². The molecule has 0 saturated carbocycles. The van der Waals surface area contributed by atoms with E-state index in [-0.39, 0.29) is 0 Å². The maximum Gasteiger partial charge on any atom is 0.0571 e. The molecule has 108 valence electrons. The SMILES string of the molecule is CCCNCc1ccc(-c2cnn(CCC)c2C)cc1. The summed E-state index contributed by atoms with van der Waals surface area (Å²) in [4.78, 5) is 0. The van der Waals surface area contributed by atoms with E-state index in [1.54, 1.807) is 0 Å². The summed E-state index contributed by atoms with van der Waals surface area (Å²) in [6.07, 6.45) is 4.27. The summed E-state index contributed by atoms with van der Waals surface area (Å²) in [5, 5.41) is 7.90. The molecule has 0 spiro atoms. The summed E-state index contributed by atoms with van der Waals surface area (Å²) in [6, 6.07) is 8.80. The highest BCUT2D eigenvalue weighted by Crippen LogP contribution is 2.23. The quantitative estimate of drug-likeness (QED) is 0.777. The molecule has 1 heterocycles. The van der Waals surface area contributed by atoms with E-state index < -0.39 is 0 Å². The van der Waals surface area contributed by atoms with Gasteiger partial charge >= 0.3 is 0 Å². The lowest BCUT2D eigenvalue weighted by Crippen LogP contribution is -2.13. The lowest BCUT2D eigenvalue weighted by atomic mass is 10.0. The van der Waals surface area contributed by atoms with Gasteiger partial charge < -0.3 is 5.32 Å². The Hall–Kier alpha value is -1.61. The van der Waals surface area contributed by atoms with E-state index in [2.05, 4.69) is 60.1 Å². The summed E-state index contributed by atoms with van der Waals surface area (Å²) in [5.74, 6) is 0. The van der Waals surface area contributed by atoms with Crippen molar-refractivity contribution in [3.63, 3.8) is 0 Å². The van der Waals surface area contributed by atoms with Crippen LogP contribution in [0.2, 0.25) is 0 Å². The van der Waals surface area contributed by atoms with Gasteiger partial charge in [-0.15, -0.1) is 0 Å². The molecule has 1 aromatic carbocycles. The van der Waals surface area contributed by atoms with E-state index in [0.717, 1.165) is 26.1 Å². The van der Waals surface area contributed by atoms with Crippen LogP contribution in [0.5, 0.6) is 0 Å². The van der Waals surface area contributed by atoms with Crippen molar-refractivity contribution in [3.8, 4) is 11.1 Å². The van der Waals surface area contributed by atoms with Crippen LogP contribution in [0.1, 0.15) is 37.9 Å². The van der Waals surface area contributed by atoms with E-state index >= 15 is 0 Å². The number of aromatic nitrogens is 2. The molecule has 0 bridgehead atoms. The van der Waals surface area contributed by atoms with Gasteiger partial charge in [-0.05, 0) is 37.4 Å². The van der Waals surface area contributed by atoms with E-state index in [4.69, 9.17) is 0 Å². The number of hydrogen-bond acceptors (Lipinski definition) is 2. The second kappa shape index (κ2) is 7.25. The first kappa shape index (κ1) is 14.8. The van der Waals surface area contributed by atoms with Gasteiger partial charge in [0.15, 0.2) is 0 Å². The third-order valence-electron chi connectivity index (χ3n) is 3.56. The molecule has 20 heavy (non-hydrogen) atoms. The third-order valence-corrected chi connectivity index (χ3v) is 3.56. The van der Waals surface area contributed by atoms with Crippen LogP contribution in [0, 0.1) is 6.92 Å². The van der Waals surface area contributed by atoms with Gasteiger partial charge in [0.2, 0.25) is 0 Å². The Labute approximate surface area is 122 Å². The van der Waals surface area contributed by atoms with Gasteiger partial charge in [0, 0.05) is 24.3 Å². The predicted molar refractivity (Wildman–Crippen MR) is 84.7 cm³/mol. The fourth-order valence-corrected chi connectivity index (χ4v) is 2.38. The second-order valence-corrected chi connectivity index (χ2v) is 5.24. The first-order valence-corrected chi connectivity index (χ1v) is 7.58. The summed E-state index contributed by atoms with van der Waals surface area (Å²) >= 11 is 0. The average Bonchev–Trinajstić information content (AvgIpc) is 2.82. The van der Waals surface area contributed by atoms with Gasteiger partial charge in [0.25, 0.3) is 0 Å². The Morgan fingerprint density at radius 1 is 1.10 bits per heavy atom. The number of benzene rings is 1. The number of nitrogens with zero attached hydrogens (tertiary/aromatic N) is 2. The Bertz CT molecular complexity index is 526. The molecule has 3 nitrogen and oxygen atoms in total. The molecule has 0 unspecified atom stereocenters. The molecule has 3 heteroatoms. The molecule has 0 aliphatic rings. The molecule has 0 fully saturated rings. The Balaban J connectivity index is 2.09. The molecule has 2 rings (SSSR count). The van der Waals surface area contributed by atoms with Crippen LogP contribution in [-0.4, -0.2) is 16.3 Å². The van der Waals surface area contributed by atoms with Crippen molar-refractivity contribution in [2.24, 2.45) is 0 Å². The van der Waals surface area contributed by atoms with Crippen molar-refractivity contribution in [1.29, 1.82) is 0 Å². The number of aryl methyl sites for hydroxylation is 1. The minimum Gasteiger partial charge on any atom is -0.313 e. The average molecular weight is 271 g/mol. The molecule has 0 amide bonds. The van der Waals surface area contributed by atoms with Crippen molar-refractivity contribution in [1.82, 2.24) is 15.1 Å². The van der Waals surface area contributed by atoms with Crippen LogP contribution in [-0.2, 0) is 13.1 Å². The monoisotopic (exact) mass is 271 g/mol. The molecular weight excluding hydrogens is 246 g/mol. The third kappa shape index (κ3) is 3.48. The smallest absolute Gasteiger partial charge is 0.0571 e. The number of rotatable bonds is 7. The number of hydrogen-bond donors (Lipinski definition) is 1. The van der Waals surface area contributed by atoms with E-state index in [1.807, 2.05) is 6.20 Å². The maximum atomic E-state index is 4.47. The van der Waals surface area contributed by atoms with E-state index in [1.165, 1.54) is 28.8 Å². The van der Waals surface area contributed by atoms with Gasteiger partial charge in [-0.25, -0.2) is 0 Å². The zero-order valence-corrected chi connectivity index (χ0v) is 12.8. The lowest BCUT2D eigenvalue weighted by Gasteiger charge is -2.06. The van der Waals surface area contributed by atoms with Crippen molar-refractivity contribution >= 4 is 0 Å². The van der Waals surface area contributed by atoms with Crippen LogP contribution in [0.25, 0.3) is 11.1 Å². The fourth-order valence-electron chi connectivity index (χ4n) is 2.38. The van der Waals surface area contributed by atoms with Gasteiger partial charge in [-0.3, -0.25) is 4.68 Å². The Morgan fingerprint density at radius 3 is 2.50 bits per heavy atom. The zero-order valence-electron chi connectivity index (χ0n) is 12.8. The standard InChI is InChI=1S/C17H25N3/c1-4-10-18-12-15-6-8-16(9-7-15)17-13-19-20(11-5-2)14(17)3/h6-9,13,18H,4-5,10-12H2,1-3H3. The van der Waals surface area contributed by atoms with Crippen LogP contribution in [0.4, 0.5) is 0 Å². The molecular formula is C17H25N3. The van der Waals surface area contributed by atoms with Crippen LogP contribution in [0.3, 0.4) is 0 Å². The second-order valence-electron chi connectivity index (χ2n) is 5.24. The first-order valence-electron chi connectivity index (χ1n) is 7.58. The molecule has 0 saturated heterocycles. The predicted octanol–water partition coefficient (Wildman–Crippen LogP) is 3.77. The fraction of sp³-hybridized carbons (Fsp3) is 0.471. The largest absolute Gasteiger partial charge is 0.313 e. The van der Waals surface area contributed by atoms with Gasteiger partial charge in [-0.2, -0.15) is 5.10 Å². The minimum absolute atomic E-state index is 0.947. The summed E-state index contributed by atoms with van der Waals surface area (Å²) in [5.41, 5.74) is 5.08. The highest BCUT2D eigenvalue weighted by molar-refractivity contribution is 5.65. The van der Waals surface area contributed by atoms with Gasteiger partial charge in [0.1, 0.15) is 0 Å². The highest BCUT2D eigenvalue weighted by Gasteiger charge is 2.07. The molecule has 0 radical (unpaired) electrons. The topological polar surface area (TPSA) is 29.9 Å². The summed E-state index contributed by atoms with van der Waals surface area (Å²) < 4.78 is 2.09. The van der Waals surface area contributed by atoms with E-state index in [0.29, 0.717) is 0 Å². The zero-order chi connectivity index (χ0) is 14.4. The van der Waals surface area contributed by atoms with Crippen molar-refractivity contribution in [2.45, 2.75) is 46.7 Å². The minimum atomic E-state index is 0.947. The van der Waals surface area contributed by atoms with Crippen molar-refractivity contribution in [3.05, 3.63) is 41.7 Å². The molecule has 2 aromatic rings. The van der Waals surface area contributed by atoms with Crippen molar-refractivity contribution < 1.29 is 0 Å². The molecule has 1 aromatic heterocycles. The van der Waals surface area contributed by atoms with Crippen LogP contribution in [0.15, 0.2) is 30.5 Å². The van der Waals surface area contributed by atoms with Crippen LogP contribution < -0.4 is 5.32 Å². The molecule has 0 atom stereocenters. The summed E-state index contributed by atoms with van der Waals surface area (Å²) in [6.45, 7) is 9.53. The first-order chi connectivity index (χ1) is 9.76. The number of nitrogens with one attached hydrogen (secondary N) is 1. The summed E-state index contributed by atoms with van der Waals surface area (Å²) in [7, 11) is 0. The van der Waals surface area contributed by atoms with E-state index in [9.17, 15) is 0 Å². The van der Waals surface area contributed by atoms with Gasteiger partial charge in [0.05, 0.1) is 6.20 Å². The highest BCUT2D eigenvalue weighted by atomic mass is 15.3. The lowest BCUT2D eigenvalue weighted by molar-refractivity contribution is 0.587. The maximum absolute atomic E-state index is 4.47.